The summed E-state index contributed by atoms with van der Waals surface area (Å²) in [4.78, 5) is 14.5. The van der Waals surface area contributed by atoms with Gasteiger partial charge in [-0.25, -0.2) is 0 Å². The van der Waals surface area contributed by atoms with Crippen molar-refractivity contribution in [3.05, 3.63) is 35.9 Å². The molecule has 1 aromatic rings. The Bertz CT molecular complexity index is 477. The van der Waals surface area contributed by atoms with Gasteiger partial charge in [0.2, 0.25) is 5.91 Å². The number of carbonyl (C=O) groups is 1. The van der Waals surface area contributed by atoms with Crippen LogP contribution in [0.3, 0.4) is 0 Å². The lowest BCUT2D eigenvalue weighted by Crippen LogP contribution is -2.52. The third-order valence-electron chi connectivity index (χ3n) is 4.68. The van der Waals surface area contributed by atoms with Crippen molar-refractivity contribution in [2.45, 2.75) is 39.2 Å². The van der Waals surface area contributed by atoms with E-state index in [2.05, 4.69) is 29.3 Å². The first-order valence-corrected chi connectivity index (χ1v) is 8.21. The van der Waals surface area contributed by atoms with Gasteiger partial charge in [0.05, 0.1) is 6.04 Å². The summed E-state index contributed by atoms with van der Waals surface area (Å²) >= 11 is 0. The zero-order valence-electron chi connectivity index (χ0n) is 13.7. The predicted molar refractivity (Wildman–Crippen MR) is 88.6 cm³/mol. The minimum absolute atomic E-state index is 0.0726. The molecule has 1 heterocycles. The van der Waals surface area contributed by atoms with Crippen molar-refractivity contribution in [1.29, 1.82) is 0 Å². The monoisotopic (exact) mass is 304 g/mol. The summed E-state index contributed by atoms with van der Waals surface area (Å²) in [6.07, 6.45) is 2.93. The number of carbonyl (C=O) groups excluding carboxylic acids is 1. The van der Waals surface area contributed by atoms with Crippen LogP contribution in [0.4, 0.5) is 0 Å². The first-order valence-electron chi connectivity index (χ1n) is 8.21. The number of aliphatic hydroxyl groups is 1. The highest BCUT2D eigenvalue weighted by Gasteiger charge is 2.34. The minimum Gasteiger partial charge on any atom is -0.396 e. The van der Waals surface area contributed by atoms with Crippen LogP contribution in [0.5, 0.6) is 0 Å². The van der Waals surface area contributed by atoms with E-state index in [9.17, 15) is 9.90 Å². The molecule has 1 saturated heterocycles. The Hall–Kier alpha value is -1.39. The van der Waals surface area contributed by atoms with E-state index in [-0.39, 0.29) is 24.0 Å². The Labute approximate surface area is 133 Å². The van der Waals surface area contributed by atoms with Crippen LogP contribution in [0, 0.1) is 5.41 Å². The van der Waals surface area contributed by atoms with E-state index < -0.39 is 0 Å². The maximum Gasteiger partial charge on any atom is 0.237 e. The molecule has 122 valence electrons. The third kappa shape index (κ3) is 4.55. The lowest BCUT2D eigenvalue weighted by atomic mass is 9.82. The van der Waals surface area contributed by atoms with E-state index >= 15 is 0 Å². The fraction of sp³-hybridized carbons (Fsp3) is 0.611. The van der Waals surface area contributed by atoms with Crippen LogP contribution in [0.25, 0.3) is 0 Å². The Balaban J connectivity index is 1.79. The zero-order chi connectivity index (χ0) is 16.0. The fourth-order valence-corrected chi connectivity index (χ4v) is 3.11. The number of likely N-dealkylation sites (tertiary alicyclic amines) is 1. The summed E-state index contributed by atoms with van der Waals surface area (Å²) in [5.74, 6) is 0.0816. The molecule has 2 N–H and O–H groups in total. The van der Waals surface area contributed by atoms with Crippen molar-refractivity contribution in [2.75, 3.05) is 26.2 Å². The van der Waals surface area contributed by atoms with E-state index in [0.717, 1.165) is 32.4 Å². The zero-order valence-corrected chi connectivity index (χ0v) is 13.7. The van der Waals surface area contributed by atoms with Gasteiger partial charge in [-0.2, -0.15) is 0 Å². The average molecular weight is 304 g/mol. The molecule has 4 heteroatoms. The summed E-state index contributed by atoms with van der Waals surface area (Å²) in [6.45, 7) is 6.63. The van der Waals surface area contributed by atoms with Crippen molar-refractivity contribution >= 4 is 5.91 Å². The quantitative estimate of drug-likeness (QED) is 0.843. The average Bonchev–Trinajstić information content (AvgIpc) is 2.55. The molecule has 1 aliphatic rings. The molecule has 0 aliphatic carbocycles. The van der Waals surface area contributed by atoms with Gasteiger partial charge in [-0.05, 0) is 38.3 Å². The summed E-state index contributed by atoms with van der Waals surface area (Å²) in [6, 6.07) is 10.0. The maximum atomic E-state index is 12.3. The van der Waals surface area contributed by atoms with Crippen molar-refractivity contribution in [3.8, 4) is 0 Å². The lowest BCUT2D eigenvalue weighted by Gasteiger charge is -2.41. The number of hydrogen-bond acceptors (Lipinski definition) is 3. The van der Waals surface area contributed by atoms with Crippen LogP contribution >= 0.6 is 0 Å². The van der Waals surface area contributed by atoms with Crippen molar-refractivity contribution in [1.82, 2.24) is 10.2 Å². The molecule has 0 bridgehead atoms. The Kier molecular flexibility index (Phi) is 5.98. The summed E-state index contributed by atoms with van der Waals surface area (Å²) < 4.78 is 0. The topological polar surface area (TPSA) is 52.6 Å². The van der Waals surface area contributed by atoms with Crippen molar-refractivity contribution < 1.29 is 9.90 Å². The van der Waals surface area contributed by atoms with Gasteiger partial charge in [0.1, 0.15) is 0 Å². The van der Waals surface area contributed by atoms with Gasteiger partial charge in [-0.15, -0.1) is 0 Å². The first-order chi connectivity index (χ1) is 10.5. The third-order valence-corrected chi connectivity index (χ3v) is 4.68. The molecule has 0 aromatic heterocycles. The molecular weight excluding hydrogens is 276 g/mol. The first kappa shape index (κ1) is 17.0. The molecule has 0 radical (unpaired) electrons. The van der Waals surface area contributed by atoms with Crippen LogP contribution in [0.15, 0.2) is 30.3 Å². The molecule has 1 aliphatic heterocycles. The second-order valence-corrected chi connectivity index (χ2v) is 6.75. The number of nitrogens with zero attached hydrogens (tertiary/aromatic N) is 1. The molecule has 22 heavy (non-hydrogen) atoms. The smallest absolute Gasteiger partial charge is 0.237 e. The van der Waals surface area contributed by atoms with Gasteiger partial charge >= 0.3 is 0 Å². The normalized spacial score (nSPS) is 24.0. The molecule has 0 spiro atoms. The fourth-order valence-electron chi connectivity index (χ4n) is 3.11. The number of amides is 1. The minimum atomic E-state index is -0.137. The van der Waals surface area contributed by atoms with E-state index in [1.807, 2.05) is 25.1 Å². The molecule has 1 fully saturated rings. The number of hydrogen-bond donors (Lipinski definition) is 2. The van der Waals surface area contributed by atoms with E-state index in [1.165, 1.54) is 5.56 Å². The number of rotatable bonds is 6. The number of benzene rings is 1. The van der Waals surface area contributed by atoms with Crippen LogP contribution in [0.2, 0.25) is 0 Å². The number of piperidine rings is 1. The molecular formula is C18H28N2O2. The largest absolute Gasteiger partial charge is 0.396 e. The van der Waals surface area contributed by atoms with E-state index in [1.54, 1.807) is 0 Å². The summed E-state index contributed by atoms with van der Waals surface area (Å²) in [5.41, 5.74) is 1.16. The van der Waals surface area contributed by atoms with Gasteiger partial charge in [-0.3, -0.25) is 9.69 Å². The van der Waals surface area contributed by atoms with Crippen molar-refractivity contribution in [2.24, 2.45) is 5.41 Å². The molecule has 2 unspecified atom stereocenters. The lowest BCUT2D eigenvalue weighted by molar-refractivity contribution is -0.127. The molecule has 4 nitrogen and oxygen atoms in total. The van der Waals surface area contributed by atoms with E-state index in [0.29, 0.717) is 6.54 Å². The second-order valence-electron chi connectivity index (χ2n) is 6.75. The molecule has 2 atom stereocenters. The van der Waals surface area contributed by atoms with Crippen LogP contribution < -0.4 is 5.32 Å². The maximum absolute atomic E-state index is 12.3. The second kappa shape index (κ2) is 7.75. The van der Waals surface area contributed by atoms with Crippen LogP contribution in [0.1, 0.15) is 32.3 Å². The predicted octanol–water partition coefficient (Wildman–Crippen LogP) is 1.83. The van der Waals surface area contributed by atoms with Gasteiger partial charge in [0, 0.05) is 25.1 Å². The molecule has 0 saturated carbocycles. The SMILES string of the molecule is CC(C(=O)NCCc1ccccc1)N1CCCC(C)(CO)C1. The Morgan fingerprint density at radius 1 is 1.41 bits per heavy atom. The number of aliphatic hydroxyl groups excluding tert-OH is 1. The highest BCUT2D eigenvalue weighted by molar-refractivity contribution is 5.81. The standard InChI is InChI=1S/C18H28N2O2/c1-15(20-12-6-10-18(2,13-20)14-21)17(22)19-11-9-16-7-4-3-5-8-16/h3-5,7-8,15,21H,6,9-14H2,1-2H3,(H,19,22). The van der Waals surface area contributed by atoms with Crippen LogP contribution in [-0.4, -0.2) is 48.2 Å². The van der Waals surface area contributed by atoms with Crippen molar-refractivity contribution in [3.63, 3.8) is 0 Å². The van der Waals surface area contributed by atoms with Gasteiger partial charge < -0.3 is 10.4 Å². The van der Waals surface area contributed by atoms with E-state index in [4.69, 9.17) is 0 Å². The Morgan fingerprint density at radius 3 is 2.82 bits per heavy atom. The summed E-state index contributed by atoms with van der Waals surface area (Å²) in [7, 11) is 0. The van der Waals surface area contributed by atoms with Gasteiger partial charge in [0.25, 0.3) is 0 Å². The summed E-state index contributed by atoms with van der Waals surface area (Å²) in [5, 5.41) is 12.6. The molecule has 1 amide bonds. The van der Waals surface area contributed by atoms with Crippen LogP contribution in [-0.2, 0) is 11.2 Å². The highest BCUT2D eigenvalue weighted by Crippen LogP contribution is 2.29. The number of nitrogens with one attached hydrogen (secondary N) is 1. The highest BCUT2D eigenvalue weighted by atomic mass is 16.3. The van der Waals surface area contributed by atoms with Gasteiger partial charge in [-0.1, -0.05) is 37.3 Å². The Morgan fingerprint density at radius 2 is 2.14 bits per heavy atom. The van der Waals surface area contributed by atoms with Gasteiger partial charge in [0.15, 0.2) is 0 Å². The molecule has 2 rings (SSSR count). The molecule has 1 aromatic carbocycles.